The van der Waals surface area contributed by atoms with E-state index in [0.717, 1.165) is 16.7 Å². The van der Waals surface area contributed by atoms with E-state index in [9.17, 15) is 24.6 Å². The molecule has 8 nitrogen and oxygen atoms in total. The van der Waals surface area contributed by atoms with Gasteiger partial charge in [-0.05, 0) is 48.6 Å². The summed E-state index contributed by atoms with van der Waals surface area (Å²) in [5.74, 6) is -1.93. The van der Waals surface area contributed by atoms with Crippen molar-refractivity contribution in [3.8, 4) is 5.75 Å². The summed E-state index contributed by atoms with van der Waals surface area (Å²) in [7, 11) is 1.24. The number of carboxylic acid groups (broad SMARTS) is 1. The Morgan fingerprint density at radius 1 is 1.06 bits per heavy atom. The third-order valence-corrected chi connectivity index (χ3v) is 5.54. The lowest BCUT2D eigenvalue weighted by Crippen LogP contribution is -2.52. The third-order valence-electron chi connectivity index (χ3n) is 5.54. The number of aliphatic carboxylic acids is 1. The number of methoxy groups -OCH3 is 1. The van der Waals surface area contributed by atoms with E-state index in [-0.39, 0.29) is 18.1 Å². The fourth-order valence-corrected chi connectivity index (χ4v) is 3.52. The summed E-state index contributed by atoms with van der Waals surface area (Å²) in [5.41, 5.74) is 2.66. The van der Waals surface area contributed by atoms with E-state index in [0.29, 0.717) is 13.0 Å². The Morgan fingerprint density at radius 3 is 2.36 bits per heavy atom. The fraction of sp³-hybridized carbons (Fsp3) is 0.400. The second-order valence-corrected chi connectivity index (χ2v) is 8.11. The van der Waals surface area contributed by atoms with Crippen LogP contribution in [0.5, 0.6) is 5.75 Å². The lowest BCUT2D eigenvalue weighted by atomic mass is 9.96. The highest BCUT2D eigenvalue weighted by atomic mass is 16.5. The maximum absolute atomic E-state index is 12.9. The number of phenols is 1. The van der Waals surface area contributed by atoms with Crippen molar-refractivity contribution in [2.75, 3.05) is 13.7 Å². The zero-order valence-electron chi connectivity index (χ0n) is 19.2. The van der Waals surface area contributed by atoms with Crippen LogP contribution >= 0.6 is 0 Å². The lowest BCUT2D eigenvalue weighted by molar-refractivity contribution is -0.145. The van der Waals surface area contributed by atoms with Gasteiger partial charge in [0.1, 0.15) is 11.8 Å². The second kappa shape index (κ2) is 12.6. The minimum absolute atomic E-state index is 0.131. The highest BCUT2D eigenvalue weighted by Crippen LogP contribution is 2.24. The van der Waals surface area contributed by atoms with Crippen LogP contribution in [0.1, 0.15) is 42.4 Å². The van der Waals surface area contributed by atoms with Crippen molar-refractivity contribution in [3.63, 3.8) is 0 Å². The number of aryl methyl sites for hydroxylation is 1. The fourth-order valence-electron chi connectivity index (χ4n) is 3.52. The van der Waals surface area contributed by atoms with Gasteiger partial charge < -0.3 is 25.6 Å². The molecule has 8 heteroatoms. The predicted octanol–water partition coefficient (Wildman–Crippen LogP) is 2.53. The molecule has 0 radical (unpaired) electrons. The van der Waals surface area contributed by atoms with E-state index in [1.165, 1.54) is 7.11 Å². The van der Waals surface area contributed by atoms with Crippen molar-refractivity contribution in [2.45, 2.75) is 51.1 Å². The molecule has 0 bridgehead atoms. The smallest absolute Gasteiger partial charge is 0.328 e. The normalized spacial score (nSPS) is 13.5. The molecular weight excluding hydrogens is 424 g/mol. The standard InChI is InChI=1S/C25H32N2O6/c1-16(19-9-10-22(28)17(2)13-19)11-12-26-20(15-23(29)30)24(31)27-21(25(32)33-3)14-18-7-5-4-6-8-18/h4-10,13,16,20-21,26,28H,11-12,14-15H2,1-3H3,(H,27,31)(H,29,30)/t16?,20-,21-/m0/s1. The monoisotopic (exact) mass is 456 g/mol. The number of hydrogen-bond acceptors (Lipinski definition) is 6. The molecule has 0 heterocycles. The van der Waals surface area contributed by atoms with Crippen LogP contribution in [-0.4, -0.2) is 53.8 Å². The summed E-state index contributed by atoms with van der Waals surface area (Å²) in [6.45, 7) is 4.24. The summed E-state index contributed by atoms with van der Waals surface area (Å²) in [4.78, 5) is 36.4. The Hall–Kier alpha value is -3.39. The Kier molecular flexibility index (Phi) is 9.87. The van der Waals surface area contributed by atoms with Crippen molar-refractivity contribution >= 4 is 17.8 Å². The summed E-state index contributed by atoms with van der Waals surface area (Å²) < 4.78 is 4.82. The Morgan fingerprint density at radius 2 is 1.76 bits per heavy atom. The largest absolute Gasteiger partial charge is 0.508 e. The first-order valence-electron chi connectivity index (χ1n) is 10.9. The molecule has 4 N–H and O–H groups in total. The molecule has 0 saturated carbocycles. The number of aromatic hydroxyl groups is 1. The van der Waals surface area contributed by atoms with E-state index in [4.69, 9.17) is 4.74 Å². The Bertz CT molecular complexity index is 947. The quantitative estimate of drug-likeness (QED) is 0.362. The van der Waals surface area contributed by atoms with Gasteiger partial charge in [0.15, 0.2) is 0 Å². The van der Waals surface area contributed by atoms with Gasteiger partial charge in [-0.3, -0.25) is 9.59 Å². The molecule has 3 atom stereocenters. The zero-order valence-corrected chi connectivity index (χ0v) is 19.2. The third kappa shape index (κ3) is 8.23. The number of nitrogens with one attached hydrogen (secondary N) is 2. The van der Waals surface area contributed by atoms with E-state index in [2.05, 4.69) is 10.6 Å². The number of benzene rings is 2. The average Bonchev–Trinajstić information content (AvgIpc) is 2.79. The van der Waals surface area contributed by atoms with Crippen molar-refractivity contribution in [1.82, 2.24) is 10.6 Å². The van der Waals surface area contributed by atoms with Gasteiger partial charge in [-0.25, -0.2) is 4.79 Å². The first kappa shape index (κ1) is 25.9. The molecule has 178 valence electrons. The second-order valence-electron chi connectivity index (χ2n) is 8.11. The molecule has 0 aliphatic rings. The number of carbonyl (C=O) groups excluding carboxylic acids is 2. The van der Waals surface area contributed by atoms with E-state index >= 15 is 0 Å². The lowest BCUT2D eigenvalue weighted by Gasteiger charge is -2.22. The first-order chi connectivity index (χ1) is 15.7. The molecule has 0 aromatic heterocycles. The number of ether oxygens (including phenoxy) is 1. The number of phenolic OH excluding ortho intramolecular Hbond substituents is 1. The highest BCUT2D eigenvalue weighted by molar-refractivity contribution is 5.90. The van der Waals surface area contributed by atoms with Crippen LogP contribution in [0, 0.1) is 6.92 Å². The minimum atomic E-state index is -1.12. The Balaban J connectivity index is 2.01. The predicted molar refractivity (Wildman–Crippen MR) is 124 cm³/mol. The molecule has 1 unspecified atom stereocenters. The van der Waals surface area contributed by atoms with Gasteiger partial charge in [0.2, 0.25) is 5.91 Å². The maximum Gasteiger partial charge on any atom is 0.328 e. The van der Waals surface area contributed by atoms with Crippen molar-refractivity contribution in [1.29, 1.82) is 0 Å². The summed E-state index contributed by atoms with van der Waals surface area (Å²) in [5, 5.41) is 24.6. The van der Waals surface area contributed by atoms with E-state index in [1.807, 2.05) is 56.3 Å². The van der Waals surface area contributed by atoms with Crippen LogP contribution in [0.3, 0.4) is 0 Å². The van der Waals surface area contributed by atoms with Gasteiger partial charge in [0.05, 0.1) is 19.6 Å². The van der Waals surface area contributed by atoms with Gasteiger partial charge in [0.25, 0.3) is 0 Å². The van der Waals surface area contributed by atoms with Crippen LogP contribution in [0.4, 0.5) is 0 Å². The first-order valence-corrected chi connectivity index (χ1v) is 10.9. The minimum Gasteiger partial charge on any atom is -0.508 e. The Labute approximate surface area is 194 Å². The van der Waals surface area contributed by atoms with Gasteiger partial charge >= 0.3 is 11.9 Å². The van der Waals surface area contributed by atoms with Crippen molar-refractivity contribution in [3.05, 3.63) is 65.2 Å². The number of esters is 1. The number of carboxylic acids is 1. The maximum atomic E-state index is 12.9. The topological polar surface area (TPSA) is 125 Å². The van der Waals surface area contributed by atoms with Crippen LogP contribution in [0.2, 0.25) is 0 Å². The van der Waals surface area contributed by atoms with Gasteiger partial charge in [0, 0.05) is 6.42 Å². The van der Waals surface area contributed by atoms with E-state index in [1.54, 1.807) is 6.07 Å². The summed E-state index contributed by atoms with van der Waals surface area (Å²) in [6.07, 6.45) is 0.464. The zero-order chi connectivity index (χ0) is 24.4. The van der Waals surface area contributed by atoms with Crippen molar-refractivity contribution in [2.24, 2.45) is 0 Å². The van der Waals surface area contributed by atoms with Crippen LogP contribution in [0.15, 0.2) is 48.5 Å². The molecule has 0 spiro atoms. The van der Waals surface area contributed by atoms with Gasteiger partial charge in [-0.15, -0.1) is 0 Å². The molecule has 2 rings (SSSR count). The van der Waals surface area contributed by atoms with Crippen LogP contribution < -0.4 is 10.6 Å². The molecule has 0 fully saturated rings. The van der Waals surface area contributed by atoms with Gasteiger partial charge in [-0.2, -0.15) is 0 Å². The number of amides is 1. The number of carbonyl (C=O) groups is 3. The van der Waals surface area contributed by atoms with Crippen LogP contribution in [-0.2, 0) is 25.5 Å². The SMILES string of the molecule is COC(=O)[C@H](Cc1ccccc1)NC(=O)[C@H](CC(=O)O)NCCC(C)c1ccc(O)c(C)c1. The molecule has 0 aliphatic carbocycles. The molecule has 2 aromatic carbocycles. The molecule has 0 aliphatic heterocycles. The molecular formula is C25H32N2O6. The number of rotatable bonds is 12. The molecule has 1 amide bonds. The van der Waals surface area contributed by atoms with E-state index < -0.39 is 36.4 Å². The summed E-state index contributed by atoms with van der Waals surface area (Å²) in [6, 6.07) is 12.7. The molecule has 2 aromatic rings. The average molecular weight is 457 g/mol. The van der Waals surface area contributed by atoms with Crippen LogP contribution in [0.25, 0.3) is 0 Å². The van der Waals surface area contributed by atoms with Crippen molar-refractivity contribution < 1.29 is 29.3 Å². The number of hydrogen-bond donors (Lipinski definition) is 4. The van der Waals surface area contributed by atoms with Gasteiger partial charge in [-0.1, -0.05) is 49.4 Å². The molecule has 0 saturated heterocycles. The highest BCUT2D eigenvalue weighted by Gasteiger charge is 2.27. The molecule has 33 heavy (non-hydrogen) atoms. The summed E-state index contributed by atoms with van der Waals surface area (Å²) >= 11 is 0.